The molecule has 10 nitrogen and oxygen atoms in total. The zero-order valence-corrected chi connectivity index (χ0v) is 18.5. The van der Waals surface area contributed by atoms with E-state index < -0.39 is 11.2 Å². The number of carbonyl (C=O) groups is 1. The number of amides is 1. The van der Waals surface area contributed by atoms with Crippen LogP contribution in [-0.2, 0) is 25.4 Å². The number of rotatable bonds is 4. The molecule has 2 aromatic heterocycles. The summed E-state index contributed by atoms with van der Waals surface area (Å²) in [4.78, 5) is 45.6. The van der Waals surface area contributed by atoms with Gasteiger partial charge in [-0.05, 0) is 12.1 Å². The van der Waals surface area contributed by atoms with Crippen LogP contribution in [-0.4, -0.2) is 62.8 Å². The number of benzene rings is 1. The number of piperazine rings is 1. The van der Waals surface area contributed by atoms with E-state index in [1.165, 1.54) is 22.5 Å². The number of anilines is 1. The molecule has 1 fully saturated rings. The van der Waals surface area contributed by atoms with Gasteiger partial charge < -0.3 is 19.1 Å². The normalized spacial score (nSPS) is 13.9. The lowest BCUT2D eigenvalue weighted by Gasteiger charge is -2.36. The molecule has 3 heterocycles. The standard InChI is InChI=1S/C20H24N6O4.ClH/c1-22-18-17(19(28)23(2)20(22)29)26(13-21-18)12-16(27)25-10-8-24(9-11-25)14-6-4-5-7-15(14)30-3;/h4-7,13H,8-12H2,1-3H3;1H. The molecule has 0 bridgehead atoms. The number of para-hydroxylation sites is 2. The molecule has 1 aromatic carbocycles. The van der Waals surface area contributed by atoms with E-state index in [0.717, 1.165) is 16.0 Å². The molecular formula is C20H25ClN6O4. The molecule has 11 heteroatoms. The fourth-order valence-corrected chi connectivity index (χ4v) is 3.85. The number of fused-ring (bicyclic) bond motifs is 1. The molecule has 166 valence electrons. The molecule has 0 N–H and O–H groups in total. The molecule has 31 heavy (non-hydrogen) atoms. The van der Waals surface area contributed by atoms with E-state index in [9.17, 15) is 14.4 Å². The van der Waals surface area contributed by atoms with Crippen LogP contribution in [0, 0.1) is 0 Å². The molecule has 0 radical (unpaired) electrons. The summed E-state index contributed by atoms with van der Waals surface area (Å²) in [5.41, 5.74) is 0.630. The van der Waals surface area contributed by atoms with E-state index in [4.69, 9.17) is 4.74 Å². The molecule has 1 saturated heterocycles. The van der Waals surface area contributed by atoms with Crippen molar-refractivity contribution in [3.63, 3.8) is 0 Å². The summed E-state index contributed by atoms with van der Waals surface area (Å²) in [6, 6.07) is 7.82. The number of halogens is 1. The Labute approximate surface area is 184 Å². The average molecular weight is 449 g/mol. The number of aromatic nitrogens is 4. The third-order valence-electron chi connectivity index (χ3n) is 5.58. The Morgan fingerprint density at radius 3 is 2.42 bits per heavy atom. The van der Waals surface area contributed by atoms with Crippen molar-refractivity contribution < 1.29 is 9.53 Å². The highest BCUT2D eigenvalue weighted by atomic mass is 35.5. The first-order valence-electron chi connectivity index (χ1n) is 9.69. The first-order chi connectivity index (χ1) is 14.4. The van der Waals surface area contributed by atoms with Crippen LogP contribution in [0.1, 0.15) is 0 Å². The van der Waals surface area contributed by atoms with Crippen molar-refractivity contribution in [3.05, 3.63) is 51.4 Å². The Bertz CT molecular complexity index is 1220. The second kappa shape index (κ2) is 8.84. The topological polar surface area (TPSA) is 94.6 Å². The lowest BCUT2D eigenvalue weighted by atomic mass is 10.2. The summed E-state index contributed by atoms with van der Waals surface area (Å²) in [5.74, 6) is 0.716. The van der Waals surface area contributed by atoms with E-state index in [-0.39, 0.29) is 36.0 Å². The van der Waals surface area contributed by atoms with Crippen LogP contribution in [0.15, 0.2) is 40.2 Å². The van der Waals surface area contributed by atoms with Gasteiger partial charge in [0.15, 0.2) is 11.2 Å². The zero-order chi connectivity index (χ0) is 21.4. The van der Waals surface area contributed by atoms with Gasteiger partial charge in [-0.25, -0.2) is 9.78 Å². The second-order valence-corrected chi connectivity index (χ2v) is 7.29. The first-order valence-corrected chi connectivity index (χ1v) is 9.69. The van der Waals surface area contributed by atoms with E-state index >= 15 is 0 Å². The Morgan fingerprint density at radius 2 is 1.74 bits per heavy atom. The lowest BCUT2D eigenvalue weighted by molar-refractivity contribution is -0.132. The quantitative estimate of drug-likeness (QED) is 0.566. The fourth-order valence-electron chi connectivity index (χ4n) is 3.85. The Kier molecular flexibility index (Phi) is 6.40. The molecule has 0 spiro atoms. The minimum Gasteiger partial charge on any atom is -0.495 e. The van der Waals surface area contributed by atoms with Gasteiger partial charge in [0.05, 0.1) is 19.1 Å². The van der Waals surface area contributed by atoms with Crippen molar-refractivity contribution in [3.8, 4) is 5.75 Å². The molecule has 1 aliphatic heterocycles. The monoisotopic (exact) mass is 448 g/mol. The number of hydrogen-bond donors (Lipinski definition) is 0. The lowest BCUT2D eigenvalue weighted by Crippen LogP contribution is -2.49. The maximum Gasteiger partial charge on any atom is 0.332 e. The summed E-state index contributed by atoms with van der Waals surface area (Å²) >= 11 is 0. The van der Waals surface area contributed by atoms with Gasteiger partial charge in [0.25, 0.3) is 5.56 Å². The van der Waals surface area contributed by atoms with Crippen molar-refractivity contribution in [2.24, 2.45) is 14.1 Å². The fraction of sp³-hybridized carbons (Fsp3) is 0.400. The van der Waals surface area contributed by atoms with E-state index in [1.807, 2.05) is 24.3 Å². The van der Waals surface area contributed by atoms with Crippen LogP contribution in [0.2, 0.25) is 0 Å². The number of ether oxygens (including phenoxy) is 1. The molecule has 1 amide bonds. The minimum absolute atomic E-state index is 0. The third kappa shape index (κ3) is 3.90. The van der Waals surface area contributed by atoms with Crippen LogP contribution < -0.4 is 20.9 Å². The summed E-state index contributed by atoms with van der Waals surface area (Å²) < 4.78 is 9.29. The molecule has 3 aromatic rings. The molecular weight excluding hydrogens is 424 g/mol. The average Bonchev–Trinajstić information content (AvgIpc) is 3.20. The summed E-state index contributed by atoms with van der Waals surface area (Å²) in [6.45, 7) is 2.51. The number of aryl methyl sites for hydroxylation is 1. The number of methoxy groups -OCH3 is 1. The van der Waals surface area contributed by atoms with Crippen molar-refractivity contribution >= 4 is 35.2 Å². The van der Waals surface area contributed by atoms with Crippen LogP contribution >= 0.6 is 12.4 Å². The minimum atomic E-state index is -0.459. The van der Waals surface area contributed by atoms with Gasteiger partial charge >= 0.3 is 5.69 Å². The molecule has 0 saturated carbocycles. The van der Waals surface area contributed by atoms with Gasteiger partial charge in [0.1, 0.15) is 12.3 Å². The molecule has 0 atom stereocenters. The van der Waals surface area contributed by atoms with Crippen LogP contribution in [0.3, 0.4) is 0 Å². The van der Waals surface area contributed by atoms with E-state index in [2.05, 4.69) is 9.88 Å². The summed E-state index contributed by atoms with van der Waals surface area (Å²) in [6.07, 6.45) is 1.44. The smallest absolute Gasteiger partial charge is 0.332 e. The van der Waals surface area contributed by atoms with E-state index in [0.29, 0.717) is 26.2 Å². The number of carbonyl (C=O) groups excluding carboxylic acids is 1. The Morgan fingerprint density at radius 1 is 1.06 bits per heavy atom. The van der Waals surface area contributed by atoms with Crippen molar-refractivity contribution in [2.45, 2.75) is 6.54 Å². The summed E-state index contributed by atoms with van der Waals surface area (Å²) in [5, 5.41) is 0. The zero-order valence-electron chi connectivity index (χ0n) is 17.6. The van der Waals surface area contributed by atoms with Gasteiger partial charge in [0.2, 0.25) is 5.91 Å². The van der Waals surface area contributed by atoms with Gasteiger partial charge in [-0.2, -0.15) is 0 Å². The van der Waals surface area contributed by atoms with Crippen LogP contribution in [0.5, 0.6) is 5.75 Å². The van der Waals surface area contributed by atoms with Crippen LogP contribution in [0.4, 0.5) is 5.69 Å². The van der Waals surface area contributed by atoms with Crippen molar-refractivity contribution in [1.29, 1.82) is 0 Å². The highest BCUT2D eigenvalue weighted by Gasteiger charge is 2.24. The molecule has 0 unspecified atom stereocenters. The highest BCUT2D eigenvalue weighted by Crippen LogP contribution is 2.28. The molecule has 0 aliphatic carbocycles. The summed E-state index contributed by atoms with van der Waals surface area (Å²) in [7, 11) is 4.62. The SMILES string of the molecule is COc1ccccc1N1CCN(C(=O)Cn2cnc3c2c(=O)n(C)c(=O)n3C)CC1.Cl. The molecule has 1 aliphatic rings. The maximum absolute atomic E-state index is 12.9. The predicted octanol–water partition coefficient (Wildman–Crippen LogP) is 0.213. The Hall–Kier alpha value is -3.27. The van der Waals surface area contributed by atoms with E-state index in [1.54, 1.807) is 19.1 Å². The predicted molar refractivity (Wildman–Crippen MR) is 119 cm³/mol. The van der Waals surface area contributed by atoms with Crippen molar-refractivity contribution in [2.75, 3.05) is 38.2 Å². The third-order valence-corrected chi connectivity index (χ3v) is 5.58. The van der Waals surface area contributed by atoms with Crippen molar-refractivity contribution in [1.82, 2.24) is 23.6 Å². The number of imidazole rings is 1. The largest absolute Gasteiger partial charge is 0.495 e. The second-order valence-electron chi connectivity index (χ2n) is 7.29. The number of nitrogens with zero attached hydrogens (tertiary/aromatic N) is 6. The number of hydrogen-bond acceptors (Lipinski definition) is 6. The van der Waals surface area contributed by atoms with Gasteiger partial charge in [-0.1, -0.05) is 12.1 Å². The highest BCUT2D eigenvalue weighted by molar-refractivity contribution is 5.85. The maximum atomic E-state index is 12.9. The van der Waals surface area contributed by atoms with Crippen LogP contribution in [0.25, 0.3) is 11.2 Å². The first kappa shape index (κ1) is 22.4. The van der Waals surface area contributed by atoms with Gasteiger partial charge in [0, 0.05) is 40.3 Å². The van der Waals surface area contributed by atoms with Gasteiger partial charge in [-0.15, -0.1) is 12.4 Å². The van der Waals surface area contributed by atoms with Gasteiger partial charge in [-0.3, -0.25) is 18.7 Å². The Balaban J connectivity index is 0.00000272. The molecule has 4 rings (SSSR count).